The summed E-state index contributed by atoms with van der Waals surface area (Å²) in [5.41, 5.74) is 4.46. The molecule has 2 aromatic heterocycles. The Balaban J connectivity index is 1.59. The molecule has 1 aliphatic heterocycles. The standard InChI is InChI=1S/C22H21FN6O/c1-2-28-21(30)19-13-25-22(26-17-6-3-14-9-10-24-12-15(14)11-17)27-20(19)29(28)18-7-4-16(23)5-8-18/h3-8,11,13,24H,2,9-10,12H2,1H3,(H,25,26,27). The van der Waals surface area contributed by atoms with Crippen molar-refractivity contribution >= 4 is 22.7 Å². The van der Waals surface area contributed by atoms with E-state index in [4.69, 9.17) is 0 Å². The number of fused-ring (bicyclic) bond motifs is 2. The van der Waals surface area contributed by atoms with Gasteiger partial charge in [0.1, 0.15) is 11.2 Å². The van der Waals surface area contributed by atoms with Gasteiger partial charge in [-0.15, -0.1) is 0 Å². The highest BCUT2D eigenvalue weighted by Gasteiger charge is 2.17. The van der Waals surface area contributed by atoms with Gasteiger partial charge in [0.15, 0.2) is 5.65 Å². The summed E-state index contributed by atoms with van der Waals surface area (Å²) in [7, 11) is 0. The van der Waals surface area contributed by atoms with Gasteiger partial charge in [0.2, 0.25) is 5.95 Å². The SMILES string of the molecule is CCn1c(=O)c2cnc(Nc3ccc4c(c3)CNCC4)nc2n1-c1ccc(F)cc1. The van der Waals surface area contributed by atoms with Crippen LogP contribution in [0, 0.1) is 5.82 Å². The molecule has 30 heavy (non-hydrogen) atoms. The zero-order valence-corrected chi connectivity index (χ0v) is 16.5. The maximum absolute atomic E-state index is 13.4. The maximum atomic E-state index is 13.4. The fourth-order valence-electron chi connectivity index (χ4n) is 3.91. The fraction of sp³-hybridized carbons (Fsp3) is 0.227. The molecular formula is C22H21FN6O. The average molecular weight is 404 g/mol. The number of hydrogen-bond donors (Lipinski definition) is 2. The molecule has 7 nitrogen and oxygen atoms in total. The molecule has 152 valence electrons. The van der Waals surface area contributed by atoms with E-state index in [-0.39, 0.29) is 11.4 Å². The van der Waals surface area contributed by atoms with E-state index in [1.165, 1.54) is 23.3 Å². The lowest BCUT2D eigenvalue weighted by molar-refractivity contribution is 0.573. The van der Waals surface area contributed by atoms with Gasteiger partial charge in [-0.25, -0.2) is 18.7 Å². The van der Waals surface area contributed by atoms with Crippen molar-refractivity contribution in [3.05, 3.63) is 76.0 Å². The molecule has 0 amide bonds. The number of nitrogens with one attached hydrogen (secondary N) is 2. The van der Waals surface area contributed by atoms with Crippen molar-refractivity contribution in [2.75, 3.05) is 11.9 Å². The Hall–Kier alpha value is -3.52. The summed E-state index contributed by atoms with van der Waals surface area (Å²) in [5.74, 6) is 0.0646. The zero-order valence-electron chi connectivity index (χ0n) is 16.5. The minimum absolute atomic E-state index is 0.178. The third-order valence-corrected chi connectivity index (χ3v) is 5.40. The molecule has 5 rings (SSSR count). The van der Waals surface area contributed by atoms with Gasteiger partial charge in [-0.2, -0.15) is 4.98 Å². The van der Waals surface area contributed by atoms with E-state index in [2.05, 4.69) is 32.7 Å². The van der Waals surface area contributed by atoms with Gasteiger partial charge >= 0.3 is 0 Å². The minimum atomic E-state index is -0.334. The molecule has 0 unspecified atom stereocenters. The fourth-order valence-corrected chi connectivity index (χ4v) is 3.91. The molecule has 2 N–H and O–H groups in total. The summed E-state index contributed by atoms with van der Waals surface area (Å²) in [6.07, 6.45) is 2.56. The number of rotatable bonds is 4. The van der Waals surface area contributed by atoms with E-state index in [9.17, 15) is 9.18 Å². The Bertz CT molecular complexity index is 1290. The van der Waals surface area contributed by atoms with Gasteiger partial charge in [0.25, 0.3) is 5.56 Å². The summed E-state index contributed by atoms with van der Waals surface area (Å²) < 4.78 is 16.7. The second kappa shape index (κ2) is 7.38. The number of benzene rings is 2. The first-order chi connectivity index (χ1) is 14.6. The van der Waals surface area contributed by atoms with Crippen LogP contribution in [0.3, 0.4) is 0 Å². The smallest absolute Gasteiger partial charge is 0.278 e. The lowest BCUT2D eigenvalue weighted by Crippen LogP contribution is -2.23. The van der Waals surface area contributed by atoms with Crippen molar-refractivity contribution in [3.8, 4) is 5.69 Å². The quantitative estimate of drug-likeness (QED) is 0.547. The molecule has 3 heterocycles. The van der Waals surface area contributed by atoms with Crippen LogP contribution in [0.15, 0.2) is 53.5 Å². The number of nitrogens with zero attached hydrogens (tertiary/aromatic N) is 4. The molecule has 0 atom stereocenters. The highest BCUT2D eigenvalue weighted by Crippen LogP contribution is 2.22. The minimum Gasteiger partial charge on any atom is -0.324 e. The summed E-state index contributed by atoms with van der Waals surface area (Å²) in [4.78, 5) is 21.8. The second-order valence-electron chi connectivity index (χ2n) is 7.28. The second-order valence-corrected chi connectivity index (χ2v) is 7.28. The predicted molar refractivity (Wildman–Crippen MR) is 114 cm³/mol. The molecule has 8 heteroatoms. The van der Waals surface area contributed by atoms with Crippen molar-refractivity contribution in [2.45, 2.75) is 26.4 Å². The van der Waals surface area contributed by atoms with E-state index < -0.39 is 0 Å². The Morgan fingerprint density at radius 1 is 1.17 bits per heavy atom. The van der Waals surface area contributed by atoms with Crippen molar-refractivity contribution in [2.24, 2.45) is 0 Å². The van der Waals surface area contributed by atoms with E-state index >= 15 is 0 Å². The molecule has 0 radical (unpaired) electrons. The topological polar surface area (TPSA) is 76.8 Å². The van der Waals surface area contributed by atoms with Gasteiger partial charge < -0.3 is 10.6 Å². The van der Waals surface area contributed by atoms with Crippen molar-refractivity contribution in [1.82, 2.24) is 24.6 Å². The van der Waals surface area contributed by atoms with Crippen LogP contribution in [0.2, 0.25) is 0 Å². The monoisotopic (exact) mass is 404 g/mol. The van der Waals surface area contributed by atoms with E-state index in [0.29, 0.717) is 29.2 Å². The summed E-state index contributed by atoms with van der Waals surface area (Å²) in [6.45, 7) is 4.17. The lowest BCUT2D eigenvalue weighted by atomic mass is 10.0. The van der Waals surface area contributed by atoms with Gasteiger partial charge in [-0.1, -0.05) is 6.07 Å². The summed E-state index contributed by atoms with van der Waals surface area (Å²) in [5, 5.41) is 7.04. The largest absolute Gasteiger partial charge is 0.324 e. The Morgan fingerprint density at radius 3 is 2.80 bits per heavy atom. The van der Waals surface area contributed by atoms with Gasteiger partial charge in [-0.05, 0) is 67.4 Å². The first kappa shape index (κ1) is 18.5. The van der Waals surface area contributed by atoms with E-state index in [1.54, 1.807) is 27.7 Å². The molecule has 2 aromatic carbocycles. The van der Waals surface area contributed by atoms with E-state index in [1.807, 2.05) is 13.0 Å². The normalized spacial score (nSPS) is 13.4. The zero-order chi connectivity index (χ0) is 20.7. The van der Waals surface area contributed by atoms with Crippen LogP contribution in [-0.4, -0.2) is 25.9 Å². The molecule has 0 saturated carbocycles. The van der Waals surface area contributed by atoms with Crippen LogP contribution in [-0.2, 0) is 19.5 Å². The Labute approximate surface area is 172 Å². The highest BCUT2D eigenvalue weighted by atomic mass is 19.1. The number of hydrogen-bond acceptors (Lipinski definition) is 5. The number of aromatic nitrogens is 4. The number of halogens is 1. The average Bonchev–Trinajstić information content (AvgIpc) is 3.05. The van der Waals surface area contributed by atoms with E-state index in [0.717, 1.165) is 25.2 Å². The third kappa shape index (κ3) is 3.15. The summed E-state index contributed by atoms with van der Waals surface area (Å²) in [6, 6.07) is 12.2. The molecule has 0 bridgehead atoms. The first-order valence-electron chi connectivity index (χ1n) is 9.98. The third-order valence-electron chi connectivity index (χ3n) is 5.40. The molecule has 0 fully saturated rings. The number of anilines is 2. The Kier molecular flexibility index (Phi) is 4.55. The highest BCUT2D eigenvalue weighted by molar-refractivity contribution is 5.77. The van der Waals surface area contributed by atoms with Gasteiger partial charge in [0.05, 0.1) is 5.69 Å². The van der Waals surface area contributed by atoms with Gasteiger partial charge in [-0.3, -0.25) is 4.79 Å². The predicted octanol–water partition coefficient (Wildman–Crippen LogP) is 3.13. The maximum Gasteiger partial charge on any atom is 0.278 e. The van der Waals surface area contributed by atoms with Crippen LogP contribution >= 0.6 is 0 Å². The van der Waals surface area contributed by atoms with Crippen LogP contribution in [0.5, 0.6) is 0 Å². The van der Waals surface area contributed by atoms with Crippen LogP contribution in [0.4, 0.5) is 16.0 Å². The molecule has 0 saturated heterocycles. The lowest BCUT2D eigenvalue weighted by Gasteiger charge is -2.18. The Morgan fingerprint density at radius 2 is 2.00 bits per heavy atom. The molecule has 0 spiro atoms. The van der Waals surface area contributed by atoms with Crippen molar-refractivity contribution < 1.29 is 4.39 Å². The van der Waals surface area contributed by atoms with Crippen LogP contribution in [0.1, 0.15) is 18.1 Å². The van der Waals surface area contributed by atoms with Gasteiger partial charge in [0, 0.05) is 25.0 Å². The van der Waals surface area contributed by atoms with Crippen LogP contribution < -0.4 is 16.2 Å². The first-order valence-corrected chi connectivity index (χ1v) is 9.98. The molecular weight excluding hydrogens is 383 g/mol. The van der Waals surface area contributed by atoms with Crippen molar-refractivity contribution in [1.29, 1.82) is 0 Å². The molecule has 4 aromatic rings. The molecule has 0 aliphatic carbocycles. The molecule has 1 aliphatic rings. The van der Waals surface area contributed by atoms with Crippen LogP contribution in [0.25, 0.3) is 16.7 Å². The van der Waals surface area contributed by atoms with Crippen molar-refractivity contribution in [3.63, 3.8) is 0 Å². The summed E-state index contributed by atoms with van der Waals surface area (Å²) >= 11 is 0.